The van der Waals surface area contributed by atoms with Crippen LogP contribution in [0.3, 0.4) is 0 Å². The van der Waals surface area contributed by atoms with E-state index in [1.807, 2.05) is 6.07 Å². The minimum atomic E-state index is 0.00887. The van der Waals surface area contributed by atoms with E-state index in [0.29, 0.717) is 23.7 Å². The molecule has 0 atom stereocenters. The van der Waals surface area contributed by atoms with Gasteiger partial charge in [0.15, 0.2) is 17.3 Å². The van der Waals surface area contributed by atoms with E-state index in [-0.39, 0.29) is 5.78 Å². The van der Waals surface area contributed by atoms with Crippen molar-refractivity contribution in [3.63, 3.8) is 0 Å². The number of methoxy groups -OCH3 is 1. The minimum Gasteiger partial charge on any atom is -0.493 e. The summed E-state index contributed by atoms with van der Waals surface area (Å²) in [7, 11) is 1.59. The van der Waals surface area contributed by atoms with Gasteiger partial charge in [0, 0.05) is 5.56 Å². The molecule has 0 unspecified atom stereocenters. The first-order valence-corrected chi connectivity index (χ1v) is 6.89. The molecule has 0 aliphatic carbocycles. The van der Waals surface area contributed by atoms with Crippen LogP contribution in [0.25, 0.3) is 0 Å². The Morgan fingerprint density at radius 3 is 2.29 bits per heavy atom. The molecule has 0 radical (unpaired) electrons. The number of aryl methyl sites for hydroxylation is 2. The van der Waals surface area contributed by atoms with Crippen molar-refractivity contribution in [1.29, 1.82) is 0 Å². The lowest BCUT2D eigenvalue weighted by Crippen LogP contribution is -2.03. The summed E-state index contributed by atoms with van der Waals surface area (Å²) in [6.45, 7) is 6.12. The summed E-state index contributed by atoms with van der Waals surface area (Å²) >= 11 is 0. The molecule has 0 saturated carbocycles. The molecule has 0 amide bonds. The Kier molecular flexibility index (Phi) is 4.63. The van der Waals surface area contributed by atoms with Crippen LogP contribution in [0.4, 0.5) is 0 Å². The zero-order chi connectivity index (χ0) is 15.4. The topological polar surface area (TPSA) is 35.5 Å². The molecule has 0 fully saturated rings. The smallest absolute Gasteiger partial charge is 0.162 e. The molecular formula is C18H20O3. The van der Waals surface area contributed by atoms with Crippen LogP contribution in [0.1, 0.15) is 34.0 Å². The molecule has 0 bridgehead atoms. The van der Waals surface area contributed by atoms with Gasteiger partial charge in [-0.05, 0) is 55.7 Å². The Morgan fingerprint density at radius 2 is 1.71 bits per heavy atom. The largest absolute Gasteiger partial charge is 0.493 e. The fourth-order valence-electron chi connectivity index (χ4n) is 2.24. The molecule has 0 aliphatic rings. The number of hydrogen-bond donors (Lipinski definition) is 0. The van der Waals surface area contributed by atoms with E-state index in [1.165, 1.54) is 18.1 Å². The molecule has 110 valence electrons. The van der Waals surface area contributed by atoms with Gasteiger partial charge >= 0.3 is 0 Å². The Balaban J connectivity index is 2.26. The molecule has 21 heavy (non-hydrogen) atoms. The Morgan fingerprint density at radius 1 is 1.05 bits per heavy atom. The van der Waals surface area contributed by atoms with Crippen molar-refractivity contribution in [3.8, 4) is 11.5 Å². The number of carbonyl (C=O) groups is 1. The summed E-state index contributed by atoms with van der Waals surface area (Å²) < 4.78 is 11.2. The quantitative estimate of drug-likeness (QED) is 0.776. The second-order valence-electron chi connectivity index (χ2n) is 5.08. The van der Waals surface area contributed by atoms with Gasteiger partial charge in [0.05, 0.1) is 7.11 Å². The third-order valence-electron chi connectivity index (χ3n) is 3.59. The van der Waals surface area contributed by atoms with E-state index in [0.717, 1.165) is 5.56 Å². The van der Waals surface area contributed by atoms with Crippen molar-refractivity contribution in [2.75, 3.05) is 7.11 Å². The molecule has 0 spiro atoms. The average molecular weight is 284 g/mol. The second-order valence-corrected chi connectivity index (χ2v) is 5.08. The van der Waals surface area contributed by atoms with Crippen LogP contribution >= 0.6 is 0 Å². The molecule has 2 rings (SSSR count). The molecule has 0 aliphatic heterocycles. The lowest BCUT2D eigenvalue weighted by atomic mass is 10.0. The highest BCUT2D eigenvalue weighted by Crippen LogP contribution is 2.29. The van der Waals surface area contributed by atoms with Crippen LogP contribution in [0.15, 0.2) is 36.4 Å². The summed E-state index contributed by atoms with van der Waals surface area (Å²) in [4.78, 5) is 11.5. The second kappa shape index (κ2) is 6.44. The summed E-state index contributed by atoms with van der Waals surface area (Å²) in [6, 6.07) is 11.4. The predicted octanol–water partition coefficient (Wildman–Crippen LogP) is 4.09. The molecule has 0 saturated heterocycles. The minimum absolute atomic E-state index is 0.00887. The first-order valence-electron chi connectivity index (χ1n) is 6.89. The number of rotatable bonds is 5. The highest BCUT2D eigenvalue weighted by molar-refractivity contribution is 5.94. The molecule has 0 heterocycles. The van der Waals surface area contributed by atoms with Gasteiger partial charge in [-0.1, -0.05) is 18.2 Å². The number of hydrogen-bond acceptors (Lipinski definition) is 3. The van der Waals surface area contributed by atoms with Crippen LogP contribution in [0, 0.1) is 13.8 Å². The maximum atomic E-state index is 11.5. The average Bonchev–Trinajstić information content (AvgIpc) is 2.46. The van der Waals surface area contributed by atoms with E-state index in [1.54, 1.807) is 25.3 Å². The van der Waals surface area contributed by atoms with E-state index in [4.69, 9.17) is 9.47 Å². The molecule has 2 aromatic rings. The summed E-state index contributed by atoms with van der Waals surface area (Å²) in [5, 5.41) is 0. The fraction of sp³-hybridized carbons (Fsp3) is 0.278. The number of Topliss-reactive ketones (excluding diaryl/α,β-unsaturated/α-hetero) is 1. The molecule has 2 aromatic carbocycles. The Hall–Kier alpha value is -2.29. The molecule has 3 nitrogen and oxygen atoms in total. The van der Waals surface area contributed by atoms with Gasteiger partial charge in [-0.3, -0.25) is 4.79 Å². The van der Waals surface area contributed by atoms with Crippen LogP contribution in [-0.4, -0.2) is 12.9 Å². The lowest BCUT2D eigenvalue weighted by Gasteiger charge is -2.14. The third-order valence-corrected chi connectivity index (χ3v) is 3.59. The Labute approximate surface area is 125 Å². The first-order chi connectivity index (χ1) is 10.0. The van der Waals surface area contributed by atoms with Crippen molar-refractivity contribution in [2.24, 2.45) is 0 Å². The van der Waals surface area contributed by atoms with E-state index < -0.39 is 0 Å². The normalized spacial score (nSPS) is 10.3. The predicted molar refractivity (Wildman–Crippen MR) is 83.2 cm³/mol. The van der Waals surface area contributed by atoms with Crippen LogP contribution < -0.4 is 9.47 Å². The van der Waals surface area contributed by atoms with Crippen molar-refractivity contribution in [3.05, 3.63) is 58.7 Å². The third kappa shape index (κ3) is 3.43. The van der Waals surface area contributed by atoms with Gasteiger partial charge in [0.25, 0.3) is 0 Å². The molecule has 0 aromatic heterocycles. The zero-order valence-corrected chi connectivity index (χ0v) is 12.9. The first kappa shape index (κ1) is 15.1. The standard InChI is InChI=1S/C18H20O3/c1-12-6-5-7-13(2)16(12)11-21-18-10-15(14(3)19)8-9-17(18)20-4/h5-10H,11H2,1-4H3. The lowest BCUT2D eigenvalue weighted by molar-refractivity contribution is 0.101. The van der Waals surface area contributed by atoms with E-state index >= 15 is 0 Å². The zero-order valence-electron chi connectivity index (χ0n) is 12.9. The van der Waals surface area contributed by atoms with Gasteiger partial charge < -0.3 is 9.47 Å². The molecular weight excluding hydrogens is 264 g/mol. The highest BCUT2D eigenvalue weighted by atomic mass is 16.5. The van der Waals surface area contributed by atoms with Gasteiger partial charge in [-0.2, -0.15) is 0 Å². The van der Waals surface area contributed by atoms with Crippen molar-refractivity contribution >= 4 is 5.78 Å². The maximum Gasteiger partial charge on any atom is 0.162 e. The van der Waals surface area contributed by atoms with E-state index in [2.05, 4.69) is 26.0 Å². The number of ether oxygens (including phenoxy) is 2. The number of carbonyl (C=O) groups excluding carboxylic acids is 1. The maximum absolute atomic E-state index is 11.5. The van der Waals surface area contributed by atoms with Gasteiger partial charge in [0.1, 0.15) is 6.61 Å². The fourth-order valence-corrected chi connectivity index (χ4v) is 2.24. The summed E-state index contributed by atoms with van der Waals surface area (Å²) in [5.74, 6) is 1.23. The van der Waals surface area contributed by atoms with Crippen molar-refractivity contribution in [1.82, 2.24) is 0 Å². The van der Waals surface area contributed by atoms with Gasteiger partial charge in [0.2, 0.25) is 0 Å². The summed E-state index contributed by atoms with van der Waals surface area (Å²) in [5.41, 5.74) is 4.16. The number of ketones is 1. The van der Waals surface area contributed by atoms with Crippen molar-refractivity contribution in [2.45, 2.75) is 27.4 Å². The Bertz CT molecular complexity index is 639. The SMILES string of the molecule is COc1ccc(C(C)=O)cc1OCc1c(C)cccc1C. The van der Waals surface area contributed by atoms with Crippen LogP contribution in [0.5, 0.6) is 11.5 Å². The van der Waals surface area contributed by atoms with Crippen molar-refractivity contribution < 1.29 is 14.3 Å². The van der Waals surface area contributed by atoms with E-state index in [9.17, 15) is 4.79 Å². The van der Waals surface area contributed by atoms with Gasteiger partial charge in [-0.25, -0.2) is 0 Å². The molecule has 3 heteroatoms. The highest BCUT2D eigenvalue weighted by Gasteiger charge is 2.10. The number of benzene rings is 2. The van der Waals surface area contributed by atoms with Crippen LogP contribution in [0.2, 0.25) is 0 Å². The monoisotopic (exact) mass is 284 g/mol. The van der Waals surface area contributed by atoms with Crippen LogP contribution in [-0.2, 0) is 6.61 Å². The molecule has 0 N–H and O–H groups in total. The van der Waals surface area contributed by atoms with Gasteiger partial charge in [-0.15, -0.1) is 0 Å². The summed E-state index contributed by atoms with van der Waals surface area (Å²) in [6.07, 6.45) is 0.